The van der Waals surface area contributed by atoms with E-state index in [1.54, 1.807) is 6.07 Å². The van der Waals surface area contributed by atoms with Gasteiger partial charge in [0.2, 0.25) is 0 Å². The molecule has 1 heterocycles. The maximum Gasteiger partial charge on any atom is 0.326 e. The molecular weight excluding hydrogens is 278 g/mol. The Morgan fingerprint density at radius 1 is 1.10 bits per heavy atom. The molecule has 2 rings (SSSR count). The van der Waals surface area contributed by atoms with Crippen LogP contribution < -0.4 is 5.32 Å². The van der Waals surface area contributed by atoms with E-state index in [4.69, 9.17) is 10.2 Å². The van der Waals surface area contributed by atoms with Crippen molar-refractivity contribution >= 4 is 28.9 Å². The van der Waals surface area contributed by atoms with Gasteiger partial charge >= 0.3 is 11.9 Å². The zero-order valence-electron chi connectivity index (χ0n) is 10.7. The van der Waals surface area contributed by atoms with Gasteiger partial charge in [0, 0.05) is 18.0 Å². The summed E-state index contributed by atoms with van der Waals surface area (Å²) in [5.74, 6) is -3.41. The molecule has 1 amide bonds. The van der Waals surface area contributed by atoms with Crippen molar-refractivity contribution in [2.24, 2.45) is 0 Å². The molecule has 0 aliphatic rings. The number of aliphatic carboxylic acids is 2. The molecule has 8 nitrogen and oxygen atoms in total. The zero-order valence-corrected chi connectivity index (χ0v) is 10.7. The standard InChI is InChI=1S/C13H11N3O5/c17-11(18)6-10(13(20)21)16-12(19)7-1-2-8-9(5-7)15-4-3-14-8/h1-5,10H,6H2,(H,16,19)(H,17,18)(H,20,21)/t10-/m0/s1. The summed E-state index contributed by atoms with van der Waals surface area (Å²) in [6.45, 7) is 0. The number of carboxylic acid groups (broad SMARTS) is 2. The fraction of sp³-hybridized carbons (Fsp3) is 0.154. The lowest BCUT2D eigenvalue weighted by Crippen LogP contribution is -2.42. The molecule has 3 N–H and O–H groups in total. The average molecular weight is 289 g/mol. The molecular formula is C13H11N3O5. The second-order valence-electron chi connectivity index (χ2n) is 4.22. The highest BCUT2D eigenvalue weighted by Gasteiger charge is 2.23. The molecule has 21 heavy (non-hydrogen) atoms. The Kier molecular flexibility index (Phi) is 4.07. The van der Waals surface area contributed by atoms with E-state index in [0.29, 0.717) is 11.0 Å². The lowest BCUT2D eigenvalue weighted by Gasteiger charge is -2.12. The van der Waals surface area contributed by atoms with Crippen LogP contribution in [-0.4, -0.2) is 44.1 Å². The van der Waals surface area contributed by atoms with Gasteiger partial charge in [-0.15, -0.1) is 0 Å². The number of rotatable bonds is 5. The van der Waals surface area contributed by atoms with Crippen LogP contribution in [0.3, 0.4) is 0 Å². The van der Waals surface area contributed by atoms with Gasteiger partial charge in [-0.3, -0.25) is 19.6 Å². The molecule has 2 aromatic rings. The minimum atomic E-state index is -1.49. The molecule has 0 bridgehead atoms. The first-order valence-electron chi connectivity index (χ1n) is 5.93. The van der Waals surface area contributed by atoms with Crippen molar-refractivity contribution in [3.8, 4) is 0 Å². The van der Waals surface area contributed by atoms with Gasteiger partial charge in [0.05, 0.1) is 17.5 Å². The number of aromatic nitrogens is 2. The number of hydrogen-bond acceptors (Lipinski definition) is 5. The summed E-state index contributed by atoms with van der Waals surface area (Å²) < 4.78 is 0. The third kappa shape index (κ3) is 3.50. The quantitative estimate of drug-likeness (QED) is 0.721. The van der Waals surface area contributed by atoms with Crippen LogP contribution in [0.25, 0.3) is 11.0 Å². The summed E-state index contributed by atoms with van der Waals surface area (Å²) >= 11 is 0. The van der Waals surface area contributed by atoms with Crippen LogP contribution >= 0.6 is 0 Å². The largest absolute Gasteiger partial charge is 0.481 e. The van der Waals surface area contributed by atoms with Crippen LogP contribution in [0.4, 0.5) is 0 Å². The molecule has 0 aliphatic carbocycles. The van der Waals surface area contributed by atoms with Gasteiger partial charge in [-0.05, 0) is 18.2 Å². The minimum absolute atomic E-state index is 0.180. The first-order valence-corrected chi connectivity index (χ1v) is 5.93. The van der Waals surface area contributed by atoms with E-state index < -0.39 is 30.3 Å². The van der Waals surface area contributed by atoms with Crippen molar-refractivity contribution in [3.05, 3.63) is 36.2 Å². The van der Waals surface area contributed by atoms with Gasteiger partial charge in [-0.25, -0.2) is 4.79 Å². The van der Waals surface area contributed by atoms with Gasteiger partial charge in [-0.2, -0.15) is 0 Å². The van der Waals surface area contributed by atoms with Crippen molar-refractivity contribution in [2.75, 3.05) is 0 Å². The molecule has 0 radical (unpaired) electrons. The second kappa shape index (κ2) is 5.95. The van der Waals surface area contributed by atoms with E-state index in [0.717, 1.165) is 0 Å². The molecule has 0 aliphatic heterocycles. The van der Waals surface area contributed by atoms with E-state index in [9.17, 15) is 14.4 Å². The molecule has 0 fully saturated rings. The summed E-state index contributed by atoms with van der Waals surface area (Å²) in [7, 11) is 0. The first-order chi connectivity index (χ1) is 9.97. The monoisotopic (exact) mass is 289 g/mol. The number of nitrogens with one attached hydrogen (secondary N) is 1. The summed E-state index contributed by atoms with van der Waals surface area (Å²) in [6.07, 6.45) is 2.28. The summed E-state index contributed by atoms with van der Waals surface area (Å²) in [4.78, 5) is 41.5. The van der Waals surface area contributed by atoms with E-state index in [1.807, 2.05) is 0 Å². The Labute approximate surface area is 118 Å². The van der Waals surface area contributed by atoms with Crippen LogP contribution in [0.5, 0.6) is 0 Å². The predicted molar refractivity (Wildman–Crippen MR) is 70.7 cm³/mol. The van der Waals surface area contributed by atoms with Crippen LogP contribution in [0, 0.1) is 0 Å². The first kappa shape index (κ1) is 14.4. The number of nitrogens with zero attached hydrogens (tertiary/aromatic N) is 2. The third-order valence-electron chi connectivity index (χ3n) is 2.71. The summed E-state index contributed by atoms with van der Waals surface area (Å²) in [5.41, 5.74) is 1.25. The molecule has 1 atom stereocenters. The minimum Gasteiger partial charge on any atom is -0.481 e. The fourth-order valence-electron chi connectivity index (χ4n) is 1.72. The summed E-state index contributed by atoms with van der Waals surface area (Å²) in [6, 6.07) is 3.00. The van der Waals surface area contributed by atoms with Crippen molar-refractivity contribution in [2.45, 2.75) is 12.5 Å². The number of carbonyl (C=O) groups excluding carboxylic acids is 1. The van der Waals surface area contributed by atoms with Crippen LogP contribution in [0.15, 0.2) is 30.6 Å². The molecule has 0 saturated heterocycles. The Bertz CT molecular complexity index is 716. The molecule has 1 aromatic heterocycles. The maximum atomic E-state index is 12.0. The Morgan fingerprint density at radius 3 is 2.38 bits per heavy atom. The van der Waals surface area contributed by atoms with Gasteiger partial charge in [-0.1, -0.05) is 0 Å². The lowest BCUT2D eigenvalue weighted by atomic mass is 10.1. The van der Waals surface area contributed by atoms with Crippen LogP contribution in [-0.2, 0) is 9.59 Å². The number of carbonyl (C=O) groups is 3. The van der Waals surface area contributed by atoms with Crippen LogP contribution in [0.1, 0.15) is 16.8 Å². The third-order valence-corrected chi connectivity index (χ3v) is 2.71. The van der Waals surface area contributed by atoms with Crippen molar-refractivity contribution in [1.82, 2.24) is 15.3 Å². The highest BCUT2D eigenvalue weighted by molar-refractivity contribution is 5.99. The van der Waals surface area contributed by atoms with E-state index in [2.05, 4.69) is 15.3 Å². The van der Waals surface area contributed by atoms with E-state index in [-0.39, 0.29) is 5.56 Å². The molecule has 8 heteroatoms. The zero-order chi connectivity index (χ0) is 15.4. The van der Waals surface area contributed by atoms with Gasteiger partial charge in [0.1, 0.15) is 6.04 Å². The normalized spacial score (nSPS) is 11.8. The lowest BCUT2D eigenvalue weighted by molar-refractivity contribution is -0.145. The van der Waals surface area contributed by atoms with Gasteiger partial charge in [0.15, 0.2) is 0 Å². The molecule has 1 aromatic carbocycles. The second-order valence-corrected chi connectivity index (χ2v) is 4.22. The Hall–Kier alpha value is -3.03. The number of hydrogen-bond donors (Lipinski definition) is 3. The predicted octanol–water partition coefficient (Wildman–Crippen LogP) is 0.287. The van der Waals surface area contributed by atoms with E-state index >= 15 is 0 Å². The van der Waals surface area contributed by atoms with Crippen LogP contribution in [0.2, 0.25) is 0 Å². The highest BCUT2D eigenvalue weighted by atomic mass is 16.4. The number of carboxylic acids is 2. The Morgan fingerprint density at radius 2 is 1.76 bits per heavy atom. The SMILES string of the molecule is O=C(O)C[C@H](NC(=O)c1ccc2nccnc2c1)C(=O)O. The summed E-state index contributed by atoms with van der Waals surface area (Å²) in [5, 5.41) is 19.7. The highest BCUT2D eigenvalue weighted by Crippen LogP contribution is 2.11. The number of amides is 1. The van der Waals surface area contributed by atoms with Gasteiger partial charge in [0.25, 0.3) is 5.91 Å². The maximum absolute atomic E-state index is 12.0. The van der Waals surface area contributed by atoms with Crippen molar-refractivity contribution < 1.29 is 24.6 Å². The van der Waals surface area contributed by atoms with Crippen molar-refractivity contribution in [3.63, 3.8) is 0 Å². The average Bonchev–Trinajstić information content (AvgIpc) is 2.45. The molecule has 0 saturated carbocycles. The fourth-order valence-corrected chi connectivity index (χ4v) is 1.72. The topological polar surface area (TPSA) is 129 Å². The molecule has 108 valence electrons. The Balaban J connectivity index is 2.20. The number of benzene rings is 1. The number of fused-ring (bicyclic) bond motifs is 1. The molecule has 0 spiro atoms. The van der Waals surface area contributed by atoms with Crippen molar-refractivity contribution in [1.29, 1.82) is 0 Å². The van der Waals surface area contributed by atoms with E-state index in [1.165, 1.54) is 24.5 Å². The smallest absolute Gasteiger partial charge is 0.326 e. The molecule has 0 unspecified atom stereocenters. The van der Waals surface area contributed by atoms with Gasteiger partial charge < -0.3 is 15.5 Å².